The van der Waals surface area contributed by atoms with Gasteiger partial charge in [-0.15, -0.1) is 0 Å². The predicted octanol–water partition coefficient (Wildman–Crippen LogP) is 2.80. The number of hydrogen-bond donors (Lipinski definition) is 0. The van der Waals surface area contributed by atoms with Crippen LogP contribution in [0, 0.1) is 0 Å². The molecule has 0 heterocycles. The van der Waals surface area contributed by atoms with Crippen LogP contribution in [0.15, 0.2) is 23.1 Å². The van der Waals surface area contributed by atoms with Gasteiger partial charge in [-0.25, -0.2) is 0 Å². The van der Waals surface area contributed by atoms with Gasteiger partial charge in [0.25, 0.3) is 10.1 Å². The smallest absolute Gasteiger partial charge is 0.270 e. The molecular formula is C10H13ClO3S. The summed E-state index contributed by atoms with van der Waals surface area (Å²) in [6.45, 7) is 3.81. The van der Waals surface area contributed by atoms with Gasteiger partial charge in [0.05, 0.1) is 12.1 Å². The summed E-state index contributed by atoms with van der Waals surface area (Å²) in [4.78, 5) is 0.0733. The SMILES string of the molecule is COS(=O)(=O)c1c(Cl)cccc1C(C)C. The largest absolute Gasteiger partial charge is 0.298 e. The van der Waals surface area contributed by atoms with E-state index in [1.807, 2.05) is 13.8 Å². The summed E-state index contributed by atoms with van der Waals surface area (Å²) in [7, 11) is -2.61. The summed E-state index contributed by atoms with van der Waals surface area (Å²) >= 11 is 5.88. The Morgan fingerprint density at radius 2 is 1.93 bits per heavy atom. The lowest BCUT2D eigenvalue weighted by Crippen LogP contribution is -2.08. The molecule has 1 rings (SSSR count). The van der Waals surface area contributed by atoms with Crippen molar-refractivity contribution in [2.24, 2.45) is 0 Å². The van der Waals surface area contributed by atoms with E-state index in [9.17, 15) is 8.42 Å². The molecule has 84 valence electrons. The summed E-state index contributed by atoms with van der Waals surface area (Å²) in [5, 5.41) is 0.197. The van der Waals surface area contributed by atoms with Crippen LogP contribution in [0.5, 0.6) is 0 Å². The average molecular weight is 249 g/mol. The van der Waals surface area contributed by atoms with Crippen molar-refractivity contribution in [2.45, 2.75) is 24.7 Å². The topological polar surface area (TPSA) is 43.4 Å². The highest BCUT2D eigenvalue weighted by molar-refractivity contribution is 7.87. The summed E-state index contributed by atoms with van der Waals surface area (Å²) in [6.07, 6.45) is 0. The Bertz CT molecular complexity index is 452. The Morgan fingerprint density at radius 1 is 1.33 bits per heavy atom. The first-order chi connectivity index (χ1) is 6.90. The van der Waals surface area contributed by atoms with Crippen LogP contribution in [0.25, 0.3) is 0 Å². The molecule has 0 spiro atoms. The fourth-order valence-corrected chi connectivity index (χ4v) is 2.86. The van der Waals surface area contributed by atoms with Gasteiger partial charge in [0, 0.05) is 0 Å². The number of halogens is 1. The Hall–Kier alpha value is -0.580. The van der Waals surface area contributed by atoms with Gasteiger partial charge >= 0.3 is 0 Å². The first-order valence-corrected chi connectivity index (χ1v) is 6.27. The van der Waals surface area contributed by atoms with Gasteiger partial charge in [-0.3, -0.25) is 4.18 Å². The van der Waals surface area contributed by atoms with Crippen LogP contribution >= 0.6 is 11.6 Å². The van der Waals surface area contributed by atoms with E-state index in [-0.39, 0.29) is 15.8 Å². The zero-order chi connectivity index (χ0) is 11.6. The second-order valence-electron chi connectivity index (χ2n) is 3.43. The molecular weight excluding hydrogens is 236 g/mol. The Kier molecular flexibility index (Phi) is 3.76. The third kappa shape index (κ3) is 2.51. The second-order valence-corrected chi connectivity index (χ2v) is 5.49. The minimum absolute atomic E-state index is 0.0728. The van der Waals surface area contributed by atoms with Gasteiger partial charge in [-0.05, 0) is 17.5 Å². The standard InChI is InChI=1S/C10H13ClO3S/c1-7(2)8-5-4-6-9(11)10(8)15(12,13)14-3/h4-7H,1-3H3. The Labute approximate surface area is 95.1 Å². The van der Waals surface area contributed by atoms with E-state index in [2.05, 4.69) is 4.18 Å². The normalized spacial score (nSPS) is 12.1. The summed E-state index contributed by atoms with van der Waals surface area (Å²) < 4.78 is 27.8. The minimum Gasteiger partial charge on any atom is -0.270 e. The second kappa shape index (κ2) is 4.51. The zero-order valence-corrected chi connectivity index (χ0v) is 10.4. The highest BCUT2D eigenvalue weighted by atomic mass is 35.5. The maximum absolute atomic E-state index is 11.6. The van der Waals surface area contributed by atoms with Crippen molar-refractivity contribution < 1.29 is 12.6 Å². The highest BCUT2D eigenvalue weighted by Gasteiger charge is 2.22. The lowest BCUT2D eigenvalue weighted by molar-refractivity contribution is 0.397. The molecule has 0 saturated heterocycles. The first-order valence-electron chi connectivity index (χ1n) is 4.49. The average Bonchev–Trinajstić information content (AvgIpc) is 2.17. The van der Waals surface area contributed by atoms with Crippen molar-refractivity contribution in [3.63, 3.8) is 0 Å². The Morgan fingerprint density at radius 3 is 2.40 bits per heavy atom. The van der Waals surface area contributed by atoms with Crippen LogP contribution in [0.3, 0.4) is 0 Å². The molecule has 0 aliphatic carbocycles. The van der Waals surface area contributed by atoms with Gasteiger partial charge in [0.2, 0.25) is 0 Å². The Balaban J connectivity index is 3.52. The lowest BCUT2D eigenvalue weighted by atomic mass is 10.0. The van der Waals surface area contributed by atoms with Gasteiger partial charge in [-0.1, -0.05) is 37.6 Å². The van der Waals surface area contributed by atoms with Crippen LogP contribution in [-0.4, -0.2) is 15.5 Å². The fourth-order valence-electron chi connectivity index (χ4n) is 1.33. The van der Waals surface area contributed by atoms with E-state index < -0.39 is 10.1 Å². The third-order valence-corrected chi connectivity index (χ3v) is 3.91. The molecule has 0 atom stereocenters. The van der Waals surface area contributed by atoms with Crippen LogP contribution in [0.1, 0.15) is 25.3 Å². The molecule has 0 fully saturated rings. The molecule has 1 aromatic carbocycles. The van der Waals surface area contributed by atoms with Gasteiger partial charge in [-0.2, -0.15) is 8.42 Å². The number of rotatable bonds is 3. The molecule has 0 aliphatic heterocycles. The predicted molar refractivity (Wildman–Crippen MR) is 59.7 cm³/mol. The van der Waals surface area contributed by atoms with Crippen molar-refractivity contribution in [3.05, 3.63) is 28.8 Å². The summed E-state index contributed by atoms with van der Waals surface area (Å²) in [5.41, 5.74) is 0.671. The van der Waals surface area contributed by atoms with Crippen LogP contribution < -0.4 is 0 Å². The molecule has 0 N–H and O–H groups in total. The molecule has 3 nitrogen and oxygen atoms in total. The zero-order valence-electron chi connectivity index (χ0n) is 8.82. The van der Waals surface area contributed by atoms with E-state index in [1.165, 1.54) is 0 Å². The molecule has 0 amide bonds. The fraction of sp³-hybridized carbons (Fsp3) is 0.400. The molecule has 15 heavy (non-hydrogen) atoms. The van der Waals surface area contributed by atoms with E-state index in [0.29, 0.717) is 5.56 Å². The first kappa shape index (κ1) is 12.5. The molecule has 1 aromatic rings. The quantitative estimate of drug-likeness (QED) is 0.773. The van der Waals surface area contributed by atoms with Crippen molar-refractivity contribution >= 4 is 21.7 Å². The highest BCUT2D eigenvalue weighted by Crippen LogP contribution is 2.31. The molecule has 0 unspecified atom stereocenters. The summed E-state index contributed by atoms with van der Waals surface area (Å²) in [6, 6.07) is 5.01. The maximum Gasteiger partial charge on any atom is 0.298 e. The molecule has 0 radical (unpaired) electrons. The lowest BCUT2D eigenvalue weighted by Gasteiger charge is -2.13. The summed E-state index contributed by atoms with van der Waals surface area (Å²) in [5.74, 6) is 0.0728. The molecule has 0 aromatic heterocycles. The number of benzene rings is 1. The van der Waals surface area contributed by atoms with Crippen LogP contribution in [0.4, 0.5) is 0 Å². The molecule has 0 aliphatic rings. The van der Waals surface area contributed by atoms with Crippen molar-refractivity contribution in [3.8, 4) is 0 Å². The van der Waals surface area contributed by atoms with E-state index >= 15 is 0 Å². The van der Waals surface area contributed by atoms with Crippen molar-refractivity contribution in [1.82, 2.24) is 0 Å². The number of hydrogen-bond acceptors (Lipinski definition) is 3. The monoisotopic (exact) mass is 248 g/mol. The van der Waals surface area contributed by atoms with E-state index in [4.69, 9.17) is 11.6 Å². The maximum atomic E-state index is 11.6. The van der Waals surface area contributed by atoms with Crippen LogP contribution in [-0.2, 0) is 14.3 Å². The minimum atomic E-state index is -3.74. The van der Waals surface area contributed by atoms with Crippen molar-refractivity contribution in [2.75, 3.05) is 7.11 Å². The van der Waals surface area contributed by atoms with Gasteiger partial charge in [0.1, 0.15) is 4.90 Å². The van der Waals surface area contributed by atoms with E-state index in [0.717, 1.165) is 7.11 Å². The van der Waals surface area contributed by atoms with Crippen LogP contribution in [0.2, 0.25) is 5.02 Å². The molecule has 0 saturated carbocycles. The van der Waals surface area contributed by atoms with Crippen molar-refractivity contribution in [1.29, 1.82) is 0 Å². The molecule has 0 bridgehead atoms. The van der Waals surface area contributed by atoms with Gasteiger partial charge < -0.3 is 0 Å². The van der Waals surface area contributed by atoms with Gasteiger partial charge in [0.15, 0.2) is 0 Å². The van der Waals surface area contributed by atoms with E-state index in [1.54, 1.807) is 18.2 Å². The third-order valence-electron chi connectivity index (χ3n) is 2.09. The molecule has 5 heteroatoms.